The lowest BCUT2D eigenvalue weighted by Crippen LogP contribution is -2.54. The fourth-order valence-corrected chi connectivity index (χ4v) is 4.56. The van der Waals surface area contributed by atoms with Gasteiger partial charge in [0.15, 0.2) is 0 Å². The Morgan fingerprint density at radius 1 is 0.875 bits per heavy atom. The lowest BCUT2D eigenvalue weighted by Gasteiger charge is -2.27. The number of ether oxygens (including phenoxy) is 1. The predicted molar refractivity (Wildman–Crippen MR) is 124 cm³/mol. The van der Waals surface area contributed by atoms with Gasteiger partial charge in [0.2, 0.25) is 11.8 Å². The fraction of sp³-hybridized carbons (Fsp3) is 0.583. The smallest absolute Gasteiger partial charge is 0.262 e. The standard InChI is InChI=1S/C24H31BrN2O5/c25-14-8-6-4-2-1-3-5-7-9-15-32-17-10-11-18-19(16-17)24(31)27(23(18)30)20-12-13-21(28)26-22(20)29/h10-11,16,20H,1-9,12-15H2,(H,26,28,29). The molecule has 2 aliphatic rings. The molecule has 8 heteroatoms. The minimum Gasteiger partial charge on any atom is -0.494 e. The molecule has 0 saturated carbocycles. The molecule has 3 rings (SSSR count). The number of amides is 4. The molecule has 32 heavy (non-hydrogen) atoms. The molecule has 0 bridgehead atoms. The van der Waals surface area contributed by atoms with E-state index in [0.717, 1.165) is 23.1 Å². The summed E-state index contributed by atoms with van der Waals surface area (Å²) < 4.78 is 5.79. The Hall–Kier alpha value is -2.22. The third-order valence-electron chi connectivity index (χ3n) is 5.96. The van der Waals surface area contributed by atoms with Crippen LogP contribution in [0.15, 0.2) is 18.2 Å². The number of halogens is 1. The molecule has 0 radical (unpaired) electrons. The van der Waals surface area contributed by atoms with Crippen molar-refractivity contribution in [3.63, 3.8) is 0 Å². The highest BCUT2D eigenvalue weighted by molar-refractivity contribution is 9.09. The van der Waals surface area contributed by atoms with Gasteiger partial charge in [-0.05, 0) is 37.5 Å². The second-order valence-corrected chi connectivity index (χ2v) is 9.17. The van der Waals surface area contributed by atoms with Crippen molar-refractivity contribution in [2.45, 2.75) is 76.7 Å². The Labute approximate surface area is 197 Å². The molecule has 1 fully saturated rings. The van der Waals surface area contributed by atoms with Gasteiger partial charge in [0.25, 0.3) is 11.8 Å². The zero-order valence-corrected chi connectivity index (χ0v) is 20.0. The maximum Gasteiger partial charge on any atom is 0.262 e. The Kier molecular flexibility index (Phi) is 9.26. The van der Waals surface area contributed by atoms with E-state index >= 15 is 0 Å². The number of hydrogen-bond acceptors (Lipinski definition) is 5. The van der Waals surface area contributed by atoms with Gasteiger partial charge in [0, 0.05) is 11.8 Å². The van der Waals surface area contributed by atoms with Gasteiger partial charge in [-0.25, -0.2) is 0 Å². The monoisotopic (exact) mass is 506 g/mol. The van der Waals surface area contributed by atoms with Crippen molar-refractivity contribution < 1.29 is 23.9 Å². The molecule has 7 nitrogen and oxygen atoms in total. The van der Waals surface area contributed by atoms with Crippen LogP contribution in [0.2, 0.25) is 0 Å². The highest BCUT2D eigenvalue weighted by Gasteiger charge is 2.44. The van der Waals surface area contributed by atoms with E-state index in [1.54, 1.807) is 18.2 Å². The van der Waals surface area contributed by atoms with Crippen LogP contribution in [0.3, 0.4) is 0 Å². The number of fused-ring (bicyclic) bond motifs is 1. The molecule has 1 unspecified atom stereocenters. The fourth-order valence-electron chi connectivity index (χ4n) is 4.16. The van der Waals surface area contributed by atoms with Crippen LogP contribution < -0.4 is 10.1 Å². The summed E-state index contributed by atoms with van der Waals surface area (Å²) >= 11 is 3.46. The minimum absolute atomic E-state index is 0.106. The predicted octanol–water partition coefficient (Wildman–Crippen LogP) is 4.37. The summed E-state index contributed by atoms with van der Waals surface area (Å²) in [6.07, 6.45) is 11.2. The first kappa shape index (κ1) is 24.4. The Morgan fingerprint density at radius 3 is 2.16 bits per heavy atom. The van der Waals surface area contributed by atoms with E-state index < -0.39 is 23.8 Å². The van der Waals surface area contributed by atoms with E-state index in [1.165, 1.54) is 44.9 Å². The largest absolute Gasteiger partial charge is 0.494 e. The van der Waals surface area contributed by atoms with Crippen molar-refractivity contribution in [1.82, 2.24) is 10.2 Å². The molecule has 0 spiro atoms. The number of piperidine rings is 1. The normalized spacial score (nSPS) is 18.2. The number of nitrogens with zero attached hydrogens (tertiary/aromatic N) is 1. The van der Waals surface area contributed by atoms with Crippen molar-refractivity contribution in [2.75, 3.05) is 11.9 Å². The Balaban J connectivity index is 1.42. The van der Waals surface area contributed by atoms with E-state index in [1.807, 2.05) is 0 Å². The maximum absolute atomic E-state index is 12.8. The number of nitrogens with one attached hydrogen (secondary N) is 1. The van der Waals surface area contributed by atoms with Crippen molar-refractivity contribution in [2.24, 2.45) is 0 Å². The third kappa shape index (κ3) is 6.18. The number of carbonyl (C=O) groups excluding carboxylic acids is 4. The molecule has 0 aromatic heterocycles. The highest BCUT2D eigenvalue weighted by Crippen LogP contribution is 2.30. The average molecular weight is 507 g/mol. The first-order valence-corrected chi connectivity index (χ1v) is 12.7. The van der Waals surface area contributed by atoms with Gasteiger partial charge in [-0.15, -0.1) is 0 Å². The van der Waals surface area contributed by atoms with Gasteiger partial charge >= 0.3 is 0 Å². The summed E-state index contributed by atoms with van der Waals surface area (Å²) in [5.74, 6) is -1.46. The van der Waals surface area contributed by atoms with E-state index in [4.69, 9.17) is 4.74 Å². The molecule has 2 heterocycles. The number of carbonyl (C=O) groups is 4. The van der Waals surface area contributed by atoms with Crippen LogP contribution in [-0.2, 0) is 9.59 Å². The zero-order chi connectivity index (χ0) is 22.9. The number of unbranched alkanes of at least 4 members (excludes halogenated alkanes) is 8. The van der Waals surface area contributed by atoms with Crippen LogP contribution in [0, 0.1) is 0 Å². The van der Waals surface area contributed by atoms with E-state index in [0.29, 0.717) is 12.4 Å². The van der Waals surface area contributed by atoms with Crippen LogP contribution in [0.5, 0.6) is 5.75 Å². The second-order valence-electron chi connectivity index (χ2n) is 8.37. The summed E-state index contributed by atoms with van der Waals surface area (Å²) in [5, 5.41) is 3.30. The van der Waals surface area contributed by atoms with Gasteiger partial charge in [-0.1, -0.05) is 60.9 Å². The lowest BCUT2D eigenvalue weighted by molar-refractivity contribution is -0.136. The van der Waals surface area contributed by atoms with Crippen LogP contribution in [0.4, 0.5) is 0 Å². The number of rotatable bonds is 13. The molecule has 1 aromatic rings. The number of imide groups is 2. The molecule has 1 saturated heterocycles. The SMILES string of the molecule is O=C1CCC(N2C(=O)c3ccc(OCCCCCCCCCCCBr)cc3C2=O)C(=O)N1. The molecular weight excluding hydrogens is 476 g/mol. The van der Waals surface area contributed by atoms with Gasteiger partial charge in [0.1, 0.15) is 11.8 Å². The molecule has 2 aliphatic heterocycles. The van der Waals surface area contributed by atoms with Crippen LogP contribution >= 0.6 is 15.9 Å². The Morgan fingerprint density at radius 2 is 1.50 bits per heavy atom. The van der Waals surface area contributed by atoms with Gasteiger partial charge in [0.05, 0.1) is 17.7 Å². The first-order chi connectivity index (χ1) is 15.5. The zero-order valence-electron chi connectivity index (χ0n) is 18.4. The van der Waals surface area contributed by atoms with E-state index in [2.05, 4.69) is 21.2 Å². The van der Waals surface area contributed by atoms with Crippen molar-refractivity contribution in [3.8, 4) is 5.75 Å². The van der Waals surface area contributed by atoms with Crippen molar-refractivity contribution in [3.05, 3.63) is 29.3 Å². The Bertz CT molecular complexity index is 857. The molecule has 4 amide bonds. The van der Waals surface area contributed by atoms with Crippen LogP contribution in [0.1, 0.15) is 91.3 Å². The van der Waals surface area contributed by atoms with Crippen LogP contribution in [-0.4, -0.2) is 46.5 Å². The molecule has 0 aliphatic carbocycles. The van der Waals surface area contributed by atoms with E-state index in [-0.39, 0.29) is 29.9 Å². The molecule has 1 aromatic carbocycles. The summed E-state index contributed by atoms with van der Waals surface area (Å²) in [5.41, 5.74) is 0.514. The number of hydrogen-bond donors (Lipinski definition) is 1. The number of alkyl halides is 1. The van der Waals surface area contributed by atoms with Crippen LogP contribution in [0.25, 0.3) is 0 Å². The first-order valence-electron chi connectivity index (χ1n) is 11.6. The number of benzene rings is 1. The third-order valence-corrected chi connectivity index (χ3v) is 6.52. The van der Waals surface area contributed by atoms with E-state index in [9.17, 15) is 19.2 Å². The lowest BCUT2D eigenvalue weighted by atomic mass is 10.0. The molecular formula is C24H31BrN2O5. The van der Waals surface area contributed by atoms with Crippen molar-refractivity contribution >= 4 is 39.6 Å². The quantitative estimate of drug-likeness (QED) is 0.243. The second kappa shape index (κ2) is 12.1. The van der Waals surface area contributed by atoms with Gasteiger partial charge in [-0.2, -0.15) is 0 Å². The average Bonchev–Trinajstić information content (AvgIpc) is 3.02. The highest BCUT2D eigenvalue weighted by atomic mass is 79.9. The molecule has 174 valence electrons. The van der Waals surface area contributed by atoms with Gasteiger partial charge < -0.3 is 4.74 Å². The topological polar surface area (TPSA) is 92.8 Å². The summed E-state index contributed by atoms with van der Waals surface area (Å²) in [4.78, 5) is 50.0. The van der Waals surface area contributed by atoms with Crippen molar-refractivity contribution in [1.29, 1.82) is 0 Å². The molecule has 1 atom stereocenters. The minimum atomic E-state index is -0.950. The summed E-state index contributed by atoms with van der Waals surface area (Å²) in [6, 6.07) is 3.89. The molecule has 1 N–H and O–H groups in total. The summed E-state index contributed by atoms with van der Waals surface area (Å²) in [7, 11) is 0. The maximum atomic E-state index is 12.8. The van der Waals surface area contributed by atoms with Gasteiger partial charge in [-0.3, -0.25) is 29.4 Å². The summed E-state index contributed by atoms with van der Waals surface area (Å²) in [6.45, 7) is 0.559.